The van der Waals surface area contributed by atoms with E-state index in [0.29, 0.717) is 17.6 Å². The first-order valence-electron chi connectivity index (χ1n) is 7.23. The molecular weight excluding hydrogens is 272 g/mol. The van der Waals surface area contributed by atoms with Crippen LogP contribution in [-0.2, 0) is 11.3 Å². The third-order valence-corrected chi connectivity index (χ3v) is 3.97. The molecule has 6 heteroatoms. The zero-order chi connectivity index (χ0) is 14.8. The molecule has 0 spiro atoms. The number of nitrogens with zero attached hydrogens (tertiary/aromatic N) is 1. The van der Waals surface area contributed by atoms with Crippen LogP contribution in [0.5, 0.6) is 0 Å². The zero-order valence-corrected chi connectivity index (χ0v) is 11.7. The highest BCUT2D eigenvalue weighted by atomic mass is 16.5. The monoisotopic (exact) mass is 290 g/mol. The number of carboxylic acid groups (broad SMARTS) is 1. The van der Waals surface area contributed by atoms with E-state index in [1.54, 1.807) is 12.1 Å². The van der Waals surface area contributed by atoms with Gasteiger partial charge >= 0.3 is 11.7 Å². The second-order valence-electron chi connectivity index (χ2n) is 5.37. The molecule has 6 nitrogen and oxygen atoms in total. The number of aromatic amines is 1. The number of hydrogen-bond acceptors (Lipinski definition) is 3. The fourth-order valence-corrected chi connectivity index (χ4v) is 2.91. The Morgan fingerprint density at radius 3 is 3.00 bits per heavy atom. The van der Waals surface area contributed by atoms with E-state index in [-0.39, 0.29) is 17.4 Å². The normalized spacial score (nSPS) is 19.0. The van der Waals surface area contributed by atoms with Crippen LogP contribution in [-0.4, -0.2) is 33.3 Å². The molecule has 2 N–H and O–H groups in total. The lowest BCUT2D eigenvalue weighted by Gasteiger charge is -2.22. The van der Waals surface area contributed by atoms with Gasteiger partial charge in [-0.05, 0) is 37.8 Å². The zero-order valence-electron chi connectivity index (χ0n) is 11.7. The highest BCUT2D eigenvalue weighted by Gasteiger charge is 2.18. The minimum atomic E-state index is -1.03. The van der Waals surface area contributed by atoms with Crippen molar-refractivity contribution in [1.29, 1.82) is 0 Å². The summed E-state index contributed by atoms with van der Waals surface area (Å²) in [6.45, 7) is 1.24. The van der Waals surface area contributed by atoms with Crippen molar-refractivity contribution >= 4 is 17.0 Å². The first-order valence-corrected chi connectivity index (χ1v) is 7.23. The number of carbonyl (C=O) groups is 1. The molecule has 0 saturated carbocycles. The number of H-pyrrole nitrogens is 1. The van der Waals surface area contributed by atoms with Gasteiger partial charge in [0, 0.05) is 13.2 Å². The summed E-state index contributed by atoms with van der Waals surface area (Å²) in [5.74, 6) is -1.03. The maximum absolute atomic E-state index is 12.1. The summed E-state index contributed by atoms with van der Waals surface area (Å²) in [5.41, 5.74) is 0.903. The highest BCUT2D eigenvalue weighted by Crippen LogP contribution is 2.19. The average Bonchev–Trinajstić information content (AvgIpc) is 2.81. The molecule has 1 aliphatic rings. The molecule has 2 heterocycles. The molecule has 3 rings (SSSR count). The number of ether oxygens (including phenoxy) is 1. The Morgan fingerprint density at radius 2 is 2.29 bits per heavy atom. The van der Waals surface area contributed by atoms with Gasteiger partial charge in [0.1, 0.15) is 0 Å². The second kappa shape index (κ2) is 5.73. The first-order chi connectivity index (χ1) is 10.2. The van der Waals surface area contributed by atoms with E-state index < -0.39 is 5.97 Å². The van der Waals surface area contributed by atoms with Gasteiger partial charge in [0.15, 0.2) is 0 Å². The van der Waals surface area contributed by atoms with Gasteiger partial charge < -0.3 is 14.8 Å². The summed E-state index contributed by atoms with van der Waals surface area (Å²) in [4.78, 5) is 26.1. The van der Waals surface area contributed by atoms with Crippen molar-refractivity contribution < 1.29 is 14.6 Å². The maximum atomic E-state index is 12.1. The Morgan fingerprint density at radius 1 is 1.43 bits per heavy atom. The quantitative estimate of drug-likeness (QED) is 0.901. The minimum absolute atomic E-state index is 0.149. The number of nitrogens with one attached hydrogen (secondary N) is 1. The van der Waals surface area contributed by atoms with Crippen LogP contribution in [0.2, 0.25) is 0 Å². The van der Waals surface area contributed by atoms with E-state index in [2.05, 4.69) is 4.98 Å². The van der Waals surface area contributed by atoms with E-state index in [9.17, 15) is 14.7 Å². The summed E-state index contributed by atoms with van der Waals surface area (Å²) >= 11 is 0. The number of imidazole rings is 1. The van der Waals surface area contributed by atoms with Crippen molar-refractivity contribution in [2.75, 3.05) is 6.61 Å². The van der Waals surface area contributed by atoms with Crippen molar-refractivity contribution in [3.8, 4) is 0 Å². The van der Waals surface area contributed by atoms with E-state index in [1.165, 1.54) is 10.6 Å². The molecule has 21 heavy (non-hydrogen) atoms. The van der Waals surface area contributed by atoms with Crippen LogP contribution in [0.3, 0.4) is 0 Å². The Labute approximate surface area is 121 Å². The number of fused-ring (bicyclic) bond motifs is 1. The largest absolute Gasteiger partial charge is 0.478 e. The van der Waals surface area contributed by atoms with Gasteiger partial charge in [0.2, 0.25) is 0 Å². The molecule has 112 valence electrons. The van der Waals surface area contributed by atoms with Gasteiger partial charge in [-0.1, -0.05) is 6.07 Å². The second-order valence-corrected chi connectivity index (χ2v) is 5.37. The van der Waals surface area contributed by atoms with Crippen LogP contribution in [0.25, 0.3) is 11.0 Å². The summed E-state index contributed by atoms with van der Waals surface area (Å²) in [6, 6.07) is 4.87. The molecule has 1 unspecified atom stereocenters. The van der Waals surface area contributed by atoms with Gasteiger partial charge in [0.05, 0.1) is 22.7 Å². The van der Waals surface area contributed by atoms with Gasteiger partial charge in [-0.25, -0.2) is 9.59 Å². The van der Waals surface area contributed by atoms with E-state index >= 15 is 0 Å². The van der Waals surface area contributed by atoms with Crippen LogP contribution in [0.4, 0.5) is 0 Å². The van der Waals surface area contributed by atoms with Crippen LogP contribution in [0.1, 0.15) is 36.0 Å². The van der Waals surface area contributed by atoms with E-state index in [4.69, 9.17) is 4.74 Å². The van der Waals surface area contributed by atoms with Gasteiger partial charge in [-0.15, -0.1) is 0 Å². The lowest BCUT2D eigenvalue weighted by Crippen LogP contribution is -2.24. The third-order valence-electron chi connectivity index (χ3n) is 3.97. The Kier molecular flexibility index (Phi) is 3.79. The minimum Gasteiger partial charge on any atom is -0.478 e. The number of hydrogen-bond donors (Lipinski definition) is 2. The molecular formula is C15H18N2O4. The standard InChI is InChI=1S/C15H18N2O4/c18-14(19)11-5-3-6-12-13(11)17(15(20)16-12)8-7-10-4-1-2-9-21-10/h3,5-6,10H,1-2,4,7-9H2,(H,16,20)(H,18,19). The Balaban J connectivity index is 1.91. The predicted octanol–water partition coefficient (Wildman–Crippen LogP) is 1.99. The molecule has 1 saturated heterocycles. The van der Waals surface area contributed by atoms with Crippen LogP contribution < -0.4 is 5.69 Å². The Hall–Kier alpha value is -2.08. The SMILES string of the molecule is O=C(O)c1cccc2[nH]c(=O)n(CCC3CCCCO3)c12. The average molecular weight is 290 g/mol. The van der Waals surface area contributed by atoms with Crippen LogP contribution in [0, 0.1) is 0 Å². The van der Waals surface area contributed by atoms with Crippen LogP contribution in [0.15, 0.2) is 23.0 Å². The van der Waals surface area contributed by atoms with E-state index in [1.807, 2.05) is 0 Å². The Bertz CT molecular complexity index is 710. The molecule has 1 aromatic heterocycles. The summed E-state index contributed by atoms with van der Waals surface area (Å²) in [6.07, 6.45) is 4.12. The predicted molar refractivity (Wildman–Crippen MR) is 77.7 cm³/mol. The van der Waals surface area contributed by atoms with Crippen molar-refractivity contribution in [1.82, 2.24) is 9.55 Å². The lowest BCUT2D eigenvalue weighted by molar-refractivity contribution is 0.00885. The van der Waals surface area contributed by atoms with Gasteiger partial charge in [-0.2, -0.15) is 0 Å². The number of aromatic nitrogens is 2. The molecule has 0 aliphatic carbocycles. The van der Waals surface area contributed by atoms with Crippen molar-refractivity contribution in [2.45, 2.75) is 38.3 Å². The summed E-state index contributed by atoms with van der Waals surface area (Å²) in [5, 5.41) is 9.28. The van der Waals surface area contributed by atoms with Gasteiger partial charge in [-0.3, -0.25) is 4.57 Å². The molecule has 0 bridgehead atoms. The fraction of sp³-hybridized carbons (Fsp3) is 0.467. The molecule has 0 radical (unpaired) electrons. The molecule has 1 aromatic carbocycles. The molecule has 2 aromatic rings. The molecule has 0 amide bonds. The fourth-order valence-electron chi connectivity index (χ4n) is 2.91. The number of rotatable bonds is 4. The van der Waals surface area contributed by atoms with Gasteiger partial charge in [0.25, 0.3) is 0 Å². The topological polar surface area (TPSA) is 84.3 Å². The molecule has 1 aliphatic heterocycles. The van der Waals surface area contributed by atoms with E-state index in [0.717, 1.165) is 32.3 Å². The van der Waals surface area contributed by atoms with Crippen molar-refractivity contribution in [2.24, 2.45) is 0 Å². The third kappa shape index (κ3) is 2.71. The number of aryl methyl sites for hydroxylation is 1. The number of benzene rings is 1. The summed E-state index contributed by atoms with van der Waals surface area (Å²) in [7, 11) is 0. The lowest BCUT2D eigenvalue weighted by atomic mass is 10.1. The smallest absolute Gasteiger partial charge is 0.337 e. The van der Waals surface area contributed by atoms with Crippen molar-refractivity contribution in [3.05, 3.63) is 34.2 Å². The highest BCUT2D eigenvalue weighted by molar-refractivity contribution is 6.01. The maximum Gasteiger partial charge on any atom is 0.337 e. The number of aromatic carboxylic acids is 1. The molecule has 1 fully saturated rings. The first kappa shape index (κ1) is 13.9. The number of para-hydroxylation sites is 1. The summed E-state index contributed by atoms with van der Waals surface area (Å²) < 4.78 is 7.17. The number of carboxylic acids is 1. The molecule has 1 atom stereocenters. The van der Waals surface area contributed by atoms with Crippen LogP contribution >= 0.6 is 0 Å². The van der Waals surface area contributed by atoms with Crippen molar-refractivity contribution in [3.63, 3.8) is 0 Å².